The van der Waals surface area contributed by atoms with E-state index in [-0.39, 0.29) is 5.91 Å². The van der Waals surface area contributed by atoms with Crippen LogP contribution in [0.2, 0.25) is 0 Å². The van der Waals surface area contributed by atoms with Crippen LogP contribution in [0.4, 0.5) is 0 Å². The van der Waals surface area contributed by atoms with Gasteiger partial charge in [0, 0.05) is 17.1 Å². The highest BCUT2D eigenvalue weighted by molar-refractivity contribution is 7.11. The molecular formula is C8H10N2OS. The lowest BCUT2D eigenvalue weighted by Crippen LogP contribution is -2.25. The van der Waals surface area contributed by atoms with Crippen LogP contribution in [0.1, 0.15) is 28.3 Å². The van der Waals surface area contributed by atoms with E-state index in [4.69, 9.17) is 0 Å². The molecule has 1 N–H and O–H groups in total. The van der Waals surface area contributed by atoms with Gasteiger partial charge in [-0.2, -0.15) is 0 Å². The molecular weight excluding hydrogens is 172 g/mol. The van der Waals surface area contributed by atoms with Crippen molar-refractivity contribution in [3.05, 3.63) is 16.1 Å². The number of rotatable bonds is 2. The molecule has 1 aromatic heterocycles. The van der Waals surface area contributed by atoms with Crippen molar-refractivity contribution in [3.8, 4) is 0 Å². The minimum absolute atomic E-state index is 0.0180. The normalized spacial score (nSPS) is 16.1. The zero-order chi connectivity index (χ0) is 8.55. The topological polar surface area (TPSA) is 42.0 Å². The molecule has 64 valence electrons. The van der Waals surface area contributed by atoms with Crippen molar-refractivity contribution < 1.29 is 4.79 Å². The van der Waals surface area contributed by atoms with Crippen LogP contribution >= 0.6 is 11.3 Å². The van der Waals surface area contributed by atoms with Gasteiger partial charge < -0.3 is 5.32 Å². The largest absolute Gasteiger partial charge is 0.347 e. The van der Waals surface area contributed by atoms with Gasteiger partial charge in [-0.1, -0.05) is 0 Å². The van der Waals surface area contributed by atoms with Crippen LogP contribution in [0.25, 0.3) is 0 Å². The molecule has 1 heterocycles. The third kappa shape index (κ3) is 1.64. The lowest BCUT2D eigenvalue weighted by atomic mass is 10.5. The van der Waals surface area contributed by atoms with Crippen LogP contribution in [-0.2, 0) is 0 Å². The van der Waals surface area contributed by atoms with E-state index >= 15 is 0 Å². The first kappa shape index (κ1) is 7.73. The summed E-state index contributed by atoms with van der Waals surface area (Å²) in [6.45, 7) is 1.89. The summed E-state index contributed by atoms with van der Waals surface area (Å²) in [6.07, 6.45) is 2.24. The summed E-state index contributed by atoms with van der Waals surface area (Å²) in [5.74, 6) is -0.0180. The number of hydrogen-bond acceptors (Lipinski definition) is 3. The standard InChI is InChI=1S/C8H10N2OS/c1-5-4-12-8(9-5)7(11)10-6-2-3-6/h4,6H,2-3H2,1H3,(H,10,11). The summed E-state index contributed by atoms with van der Waals surface area (Å²) in [5, 5.41) is 5.37. The molecule has 2 rings (SSSR count). The van der Waals surface area contributed by atoms with Crippen LogP contribution in [0, 0.1) is 6.92 Å². The Hall–Kier alpha value is -0.900. The second kappa shape index (κ2) is 2.86. The van der Waals surface area contributed by atoms with Gasteiger partial charge >= 0.3 is 0 Å². The van der Waals surface area contributed by atoms with Gasteiger partial charge in [0.05, 0.1) is 0 Å². The van der Waals surface area contributed by atoms with Gasteiger partial charge in [0.1, 0.15) is 0 Å². The van der Waals surface area contributed by atoms with Crippen molar-refractivity contribution in [2.45, 2.75) is 25.8 Å². The number of amides is 1. The van der Waals surface area contributed by atoms with Gasteiger partial charge in [0.25, 0.3) is 5.91 Å². The molecule has 12 heavy (non-hydrogen) atoms. The Morgan fingerprint density at radius 2 is 2.50 bits per heavy atom. The molecule has 1 saturated carbocycles. The van der Waals surface area contributed by atoms with Crippen molar-refractivity contribution in [2.24, 2.45) is 0 Å². The van der Waals surface area contributed by atoms with Crippen LogP contribution in [0.3, 0.4) is 0 Å². The van der Waals surface area contributed by atoms with E-state index in [1.807, 2.05) is 12.3 Å². The fraction of sp³-hybridized carbons (Fsp3) is 0.500. The molecule has 0 atom stereocenters. The maximum absolute atomic E-state index is 11.3. The van der Waals surface area contributed by atoms with E-state index in [0.717, 1.165) is 18.5 Å². The molecule has 0 unspecified atom stereocenters. The van der Waals surface area contributed by atoms with Gasteiger partial charge in [0.2, 0.25) is 0 Å². The van der Waals surface area contributed by atoms with Gasteiger partial charge in [-0.25, -0.2) is 4.98 Å². The molecule has 1 aromatic rings. The molecule has 0 aromatic carbocycles. The molecule has 0 bridgehead atoms. The molecule has 0 radical (unpaired) electrons. The van der Waals surface area contributed by atoms with Crippen molar-refractivity contribution in [2.75, 3.05) is 0 Å². The molecule has 1 aliphatic rings. The number of aromatic nitrogens is 1. The number of nitrogens with one attached hydrogen (secondary N) is 1. The molecule has 1 aliphatic carbocycles. The third-order valence-corrected chi connectivity index (χ3v) is 2.68. The number of carbonyl (C=O) groups is 1. The Morgan fingerprint density at radius 1 is 1.75 bits per heavy atom. The lowest BCUT2D eigenvalue weighted by molar-refractivity contribution is 0.0950. The molecule has 0 saturated heterocycles. The average molecular weight is 182 g/mol. The minimum atomic E-state index is -0.0180. The van der Waals surface area contributed by atoms with E-state index < -0.39 is 0 Å². The van der Waals surface area contributed by atoms with E-state index in [2.05, 4.69) is 10.3 Å². The highest BCUT2D eigenvalue weighted by atomic mass is 32.1. The fourth-order valence-electron chi connectivity index (χ4n) is 0.933. The first-order chi connectivity index (χ1) is 5.75. The van der Waals surface area contributed by atoms with Crippen molar-refractivity contribution >= 4 is 17.2 Å². The first-order valence-corrected chi connectivity index (χ1v) is 4.86. The molecule has 0 aliphatic heterocycles. The zero-order valence-corrected chi connectivity index (χ0v) is 7.65. The van der Waals surface area contributed by atoms with Crippen LogP contribution in [-0.4, -0.2) is 16.9 Å². The fourth-order valence-corrected chi connectivity index (χ4v) is 1.63. The van der Waals surface area contributed by atoms with E-state index in [0.29, 0.717) is 11.0 Å². The SMILES string of the molecule is Cc1csc(C(=O)NC2CC2)n1. The summed E-state index contributed by atoms with van der Waals surface area (Å²) < 4.78 is 0. The Balaban J connectivity index is 2.03. The predicted molar refractivity (Wildman–Crippen MR) is 47.3 cm³/mol. The molecule has 4 heteroatoms. The molecule has 1 fully saturated rings. The van der Waals surface area contributed by atoms with Crippen LogP contribution in [0.5, 0.6) is 0 Å². The van der Waals surface area contributed by atoms with Gasteiger partial charge in [-0.3, -0.25) is 4.79 Å². The summed E-state index contributed by atoms with van der Waals surface area (Å²) in [4.78, 5) is 15.4. The first-order valence-electron chi connectivity index (χ1n) is 3.99. The molecule has 1 amide bonds. The smallest absolute Gasteiger partial charge is 0.280 e. The summed E-state index contributed by atoms with van der Waals surface area (Å²) in [5.41, 5.74) is 0.918. The van der Waals surface area contributed by atoms with Crippen molar-refractivity contribution in [3.63, 3.8) is 0 Å². The number of aryl methyl sites for hydroxylation is 1. The number of thiazole rings is 1. The second-order valence-corrected chi connectivity index (χ2v) is 3.90. The monoisotopic (exact) mass is 182 g/mol. The molecule has 0 spiro atoms. The maximum atomic E-state index is 11.3. The number of nitrogens with zero attached hydrogens (tertiary/aromatic N) is 1. The highest BCUT2D eigenvalue weighted by Gasteiger charge is 2.24. The predicted octanol–water partition coefficient (Wildman–Crippen LogP) is 1.34. The second-order valence-electron chi connectivity index (χ2n) is 3.04. The third-order valence-electron chi connectivity index (χ3n) is 1.73. The summed E-state index contributed by atoms with van der Waals surface area (Å²) in [6, 6.07) is 0.418. The minimum Gasteiger partial charge on any atom is -0.347 e. The summed E-state index contributed by atoms with van der Waals surface area (Å²) >= 11 is 1.40. The zero-order valence-electron chi connectivity index (χ0n) is 6.83. The van der Waals surface area contributed by atoms with Gasteiger partial charge in [0.15, 0.2) is 5.01 Å². The Bertz CT molecular complexity index is 304. The average Bonchev–Trinajstić information content (AvgIpc) is 2.72. The Kier molecular flexibility index (Phi) is 1.84. The number of hydrogen-bond donors (Lipinski definition) is 1. The van der Waals surface area contributed by atoms with E-state index in [9.17, 15) is 4.79 Å². The van der Waals surface area contributed by atoms with Crippen molar-refractivity contribution in [1.82, 2.24) is 10.3 Å². The quantitative estimate of drug-likeness (QED) is 0.750. The Labute approximate surface area is 74.8 Å². The van der Waals surface area contributed by atoms with Gasteiger partial charge in [-0.15, -0.1) is 11.3 Å². The lowest BCUT2D eigenvalue weighted by Gasteiger charge is -1.97. The maximum Gasteiger partial charge on any atom is 0.280 e. The highest BCUT2D eigenvalue weighted by Crippen LogP contribution is 2.19. The van der Waals surface area contributed by atoms with E-state index in [1.54, 1.807) is 0 Å². The van der Waals surface area contributed by atoms with Gasteiger partial charge in [-0.05, 0) is 19.8 Å². The van der Waals surface area contributed by atoms with E-state index in [1.165, 1.54) is 11.3 Å². The number of carbonyl (C=O) groups excluding carboxylic acids is 1. The summed E-state index contributed by atoms with van der Waals surface area (Å²) in [7, 11) is 0. The van der Waals surface area contributed by atoms with Crippen LogP contribution in [0.15, 0.2) is 5.38 Å². The van der Waals surface area contributed by atoms with Crippen LogP contribution < -0.4 is 5.32 Å². The molecule has 3 nitrogen and oxygen atoms in total. The Morgan fingerprint density at radius 3 is 3.00 bits per heavy atom. The van der Waals surface area contributed by atoms with Crippen molar-refractivity contribution in [1.29, 1.82) is 0 Å².